The van der Waals surface area contributed by atoms with E-state index in [4.69, 9.17) is 9.72 Å². The number of carbonyl (C=O) groups excluding carboxylic acids is 3. The van der Waals surface area contributed by atoms with Crippen molar-refractivity contribution in [3.8, 4) is 5.75 Å². The van der Waals surface area contributed by atoms with Gasteiger partial charge in [-0.25, -0.2) is 18.4 Å². The van der Waals surface area contributed by atoms with Gasteiger partial charge in [0.05, 0.1) is 46.5 Å². The summed E-state index contributed by atoms with van der Waals surface area (Å²) in [5.41, 5.74) is 3.36. The first-order valence-electron chi connectivity index (χ1n) is 25.0. The van der Waals surface area contributed by atoms with Gasteiger partial charge in [-0.05, 0) is 97.8 Å². The van der Waals surface area contributed by atoms with Crippen molar-refractivity contribution in [2.45, 2.75) is 57.9 Å². The lowest BCUT2D eigenvalue weighted by molar-refractivity contribution is -0.135. The van der Waals surface area contributed by atoms with Crippen molar-refractivity contribution in [3.63, 3.8) is 0 Å². The quantitative estimate of drug-likeness (QED) is 0.0878. The number of piperazine rings is 2. The molecular formula is C51H62BrF2N12O6P. The molecule has 0 spiro atoms. The van der Waals surface area contributed by atoms with Crippen LogP contribution < -0.4 is 41.4 Å². The number of anilines is 6. The van der Waals surface area contributed by atoms with Gasteiger partial charge < -0.3 is 34.6 Å². The number of benzene rings is 3. The second kappa shape index (κ2) is 21.8. The number of aromatic nitrogens is 4. The zero-order chi connectivity index (χ0) is 51.7. The van der Waals surface area contributed by atoms with Gasteiger partial charge in [-0.1, -0.05) is 6.92 Å². The zero-order valence-electron chi connectivity index (χ0n) is 41.8. The fourth-order valence-corrected chi connectivity index (χ4v) is 12.4. The summed E-state index contributed by atoms with van der Waals surface area (Å²) in [6.07, 6.45) is 6.07. The van der Waals surface area contributed by atoms with Crippen molar-refractivity contribution in [2.75, 3.05) is 112 Å². The Kier molecular flexibility index (Phi) is 15.5. The van der Waals surface area contributed by atoms with Crippen LogP contribution in [0.15, 0.2) is 58.1 Å². The minimum Gasteiger partial charge on any atom is -0.492 e. The van der Waals surface area contributed by atoms with Crippen LogP contribution in [0, 0.1) is 11.6 Å². The summed E-state index contributed by atoms with van der Waals surface area (Å²) in [7, 11) is -1.34. The van der Waals surface area contributed by atoms with Crippen molar-refractivity contribution in [2.24, 2.45) is 7.05 Å². The lowest BCUT2D eigenvalue weighted by Crippen LogP contribution is -2.56. The van der Waals surface area contributed by atoms with E-state index in [2.05, 4.69) is 75.7 Å². The van der Waals surface area contributed by atoms with Gasteiger partial charge in [-0.3, -0.25) is 34.3 Å². The van der Waals surface area contributed by atoms with E-state index in [1.54, 1.807) is 44.9 Å². The van der Waals surface area contributed by atoms with Gasteiger partial charge in [0.1, 0.15) is 30.3 Å². The van der Waals surface area contributed by atoms with Crippen molar-refractivity contribution in [3.05, 3.63) is 86.4 Å². The van der Waals surface area contributed by atoms with Crippen LogP contribution in [0.2, 0.25) is 0 Å². The van der Waals surface area contributed by atoms with Gasteiger partial charge >= 0.3 is 0 Å². The predicted octanol–water partition coefficient (Wildman–Crippen LogP) is 5.92. The summed E-state index contributed by atoms with van der Waals surface area (Å²) in [6.45, 7) is 15.0. The maximum atomic E-state index is 15.2. The highest BCUT2D eigenvalue weighted by Crippen LogP contribution is 2.42. The van der Waals surface area contributed by atoms with E-state index in [9.17, 15) is 23.7 Å². The van der Waals surface area contributed by atoms with E-state index in [-0.39, 0.29) is 36.4 Å². The number of ether oxygens (including phenoxy) is 1. The molecule has 388 valence electrons. The Bertz CT molecular complexity index is 3020. The average molecular weight is 1090 g/mol. The number of aryl methyl sites for hydroxylation is 2. The molecule has 18 nitrogen and oxygen atoms in total. The molecule has 0 bridgehead atoms. The first kappa shape index (κ1) is 51.9. The van der Waals surface area contributed by atoms with Crippen LogP contribution in [0.1, 0.15) is 56.6 Å². The molecule has 4 aliphatic rings. The minimum absolute atomic E-state index is 0.0323. The standard InChI is InChI=1S/C51H62BrF2N12O6P/c1-6-31-24-41(58-51-55-29-37(52)48(60-51)57-40-10-8-34-36(47(40)73(4,5)71)28-56-61(3)50(34)70)43(72-7-2)27-42(31)65-14-12-32(13-15-65)63-20-22-66(23-21-63)45(68)30-62-16-18-64(19-17-62)33-25-38(53)46(39(54)26-33)35-9-11-44(67)59-49(35)69/h8,10,24-29,32,35H,6-7,9,11-23,30H2,1-5H3,(H,59,67,69)(H2,55,57,58,60)/t35-/m1/s1. The molecule has 3 aromatic carbocycles. The van der Waals surface area contributed by atoms with Crippen molar-refractivity contribution >= 4 is 91.4 Å². The molecule has 0 saturated carbocycles. The van der Waals surface area contributed by atoms with Crippen LogP contribution in [0.25, 0.3) is 10.8 Å². The third-order valence-electron chi connectivity index (χ3n) is 14.5. The van der Waals surface area contributed by atoms with E-state index in [1.165, 1.54) is 16.8 Å². The second-order valence-electron chi connectivity index (χ2n) is 19.5. The molecule has 73 heavy (non-hydrogen) atoms. The zero-order valence-corrected chi connectivity index (χ0v) is 44.3. The molecule has 0 unspecified atom stereocenters. The number of nitrogens with zero attached hydrogens (tertiary/aromatic N) is 9. The Morgan fingerprint density at radius 3 is 2.23 bits per heavy atom. The molecule has 22 heteroatoms. The number of nitrogens with one attached hydrogen (secondary N) is 3. The minimum atomic E-state index is -2.92. The lowest BCUT2D eigenvalue weighted by Gasteiger charge is -2.44. The fourth-order valence-electron chi connectivity index (χ4n) is 10.6. The summed E-state index contributed by atoms with van der Waals surface area (Å²) < 4.78 is 52.3. The number of halogens is 3. The number of hydrogen-bond acceptors (Lipinski definition) is 15. The van der Waals surface area contributed by atoms with Gasteiger partial charge in [-0.15, -0.1) is 0 Å². The molecule has 0 radical (unpaired) electrons. The Morgan fingerprint density at radius 1 is 0.863 bits per heavy atom. The Balaban J connectivity index is 0.778. The molecule has 4 saturated heterocycles. The molecule has 3 amide bonds. The molecule has 5 aromatic rings. The van der Waals surface area contributed by atoms with Gasteiger partial charge in [0.15, 0.2) is 0 Å². The van der Waals surface area contributed by atoms with E-state index in [0.717, 1.165) is 62.4 Å². The van der Waals surface area contributed by atoms with Crippen molar-refractivity contribution < 1.29 is 32.5 Å². The summed E-state index contributed by atoms with van der Waals surface area (Å²) in [4.78, 5) is 70.6. The number of rotatable bonds is 14. The summed E-state index contributed by atoms with van der Waals surface area (Å²) >= 11 is 3.58. The van der Waals surface area contributed by atoms with Crippen LogP contribution in [-0.4, -0.2) is 150 Å². The summed E-state index contributed by atoms with van der Waals surface area (Å²) in [6, 6.07) is 10.6. The SMILES string of the molecule is CCOc1cc(N2CCC(N3CCN(C(=O)CN4CCN(c5cc(F)c([C@H]6CCC(=O)NC6=O)c(F)c5)CC4)CC3)CC2)c(CC)cc1Nc1ncc(Br)c(Nc2ccc3c(=O)n(C)ncc3c2P(C)(C)=O)n1. The molecule has 3 N–H and O–H groups in total. The van der Waals surface area contributed by atoms with Crippen LogP contribution in [0.5, 0.6) is 5.75 Å². The highest BCUT2D eigenvalue weighted by molar-refractivity contribution is 9.10. The van der Waals surface area contributed by atoms with Crippen LogP contribution in [0.4, 0.5) is 43.3 Å². The van der Waals surface area contributed by atoms with E-state index >= 15 is 8.78 Å². The first-order chi connectivity index (χ1) is 35.0. The number of piperidine rings is 2. The molecule has 6 heterocycles. The topological polar surface area (TPSA) is 190 Å². The van der Waals surface area contributed by atoms with Gasteiger partial charge in [-0.2, -0.15) is 10.1 Å². The second-order valence-corrected chi connectivity index (χ2v) is 23.5. The fraction of sp³-hybridized carbons (Fsp3) is 0.471. The van der Waals surface area contributed by atoms with Crippen LogP contribution >= 0.6 is 23.1 Å². The molecule has 9 rings (SSSR count). The molecule has 4 aliphatic heterocycles. The maximum Gasteiger partial charge on any atom is 0.274 e. The van der Waals surface area contributed by atoms with E-state index < -0.39 is 36.5 Å². The molecule has 0 aliphatic carbocycles. The average Bonchev–Trinajstić information content (AvgIpc) is 3.36. The molecule has 2 aromatic heterocycles. The Hall–Kier alpha value is -6.02. The number of amides is 3. The Labute approximate surface area is 431 Å². The molecular weight excluding hydrogens is 1030 g/mol. The van der Waals surface area contributed by atoms with Crippen LogP contribution in [0.3, 0.4) is 0 Å². The summed E-state index contributed by atoms with van der Waals surface area (Å²) in [5, 5.41) is 14.6. The summed E-state index contributed by atoms with van der Waals surface area (Å²) in [5.74, 6) is -2.25. The highest BCUT2D eigenvalue weighted by atomic mass is 79.9. The molecule has 4 fully saturated rings. The smallest absolute Gasteiger partial charge is 0.274 e. The lowest BCUT2D eigenvalue weighted by atomic mass is 9.89. The predicted molar refractivity (Wildman–Crippen MR) is 283 cm³/mol. The highest BCUT2D eigenvalue weighted by Gasteiger charge is 2.35. The normalized spacial score (nSPS) is 18.6. The van der Waals surface area contributed by atoms with Crippen LogP contribution in [-0.2, 0) is 32.4 Å². The number of fused-ring (bicyclic) bond motifs is 1. The van der Waals surface area contributed by atoms with E-state index in [0.29, 0.717) is 101 Å². The van der Waals surface area contributed by atoms with Gasteiger partial charge in [0.2, 0.25) is 23.7 Å². The number of carbonyl (C=O) groups is 3. The Morgan fingerprint density at radius 2 is 1.58 bits per heavy atom. The largest absolute Gasteiger partial charge is 0.492 e. The number of imide groups is 1. The first-order valence-corrected chi connectivity index (χ1v) is 28.4. The third kappa shape index (κ3) is 11.2. The van der Waals surface area contributed by atoms with Gasteiger partial charge in [0, 0.05) is 125 Å². The monoisotopic (exact) mass is 1090 g/mol. The van der Waals surface area contributed by atoms with Crippen molar-refractivity contribution in [1.29, 1.82) is 0 Å². The van der Waals surface area contributed by atoms with E-state index in [1.807, 2.05) is 16.7 Å². The van der Waals surface area contributed by atoms with Crippen molar-refractivity contribution in [1.82, 2.24) is 39.8 Å². The number of hydrogen-bond donors (Lipinski definition) is 3. The third-order valence-corrected chi connectivity index (χ3v) is 16.6. The molecule has 1 atom stereocenters. The van der Waals surface area contributed by atoms with Gasteiger partial charge in [0.25, 0.3) is 5.56 Å². The maximum absolute atomic E-state index is 15.2.